The molecule has 0 saturated heterocycles. The van der Waals surface area contributed by atoms with Crippen LogP contribution in [0, 0.1) is 5.82 Å². The lowest BCUT2D eigenvalue weighted by Crippen LogP contribution is -2.11. The highest BCUT2D eigenvalue weighted by atomic mass is 32.2. The Bertz CT molecular complexity index is 1280. The van der Waals surface area contributed by atoms with Gasteiger partial charge in [0.05, 0.1) is 28.5 Å². The van der Waals surface area contributed by atoms with Crippen LogP contribution in [0.3, 0.4) is 0 Å². The lowest BCUT2D eigenvalue weighted by Gasteiger charge is -2.07. The van der Waals surface area contributed by atoms with Crippen LogP contribution in [0.5, 0.6) is 5.88 Å². The molecule has 3 aromatic heterocycles. The van der Waals surface area contributed by atoms with Crippen molar-refractivity contribution >= 4 is 10.0 Å². The third kappa shape index (κ3) is 4.07. The average molecular weight is 429 g/mol. The molecule has 0 bridgehead atoms. The zero-order valence-electron chi connectivity index (χ0n) is 15.7. The van der Waals surface area contributed by atoms with Crippen molar-refractivity contribution in [2.24, 2.45) is 12.2 Å². The molecule has 30 heavy (non-hydrogen) atoms. The molecule has 0 atom stereocenters. The van der Waals surface area contributed by atoms with Crippen LogP contribution >= 0.6 is 0 Å². The number of aromatic nitrogens is 4. The fourth-order valence-corrected chi connectivity index (χ4v) is 3.26. The van der Waals surface area contributed by atoms with E-state index < -0.39 is 15.8 Å². The number of benzene rings is 1. The van der Waals surface area contributed by atoms with E-state index in [2.05, 4.69) is 15.1 Å². The number of oxazole rings is 1. The lowest BCUT2D eigenvalue weighted by molar-refractivity contribution is 0.282. The van der Waals surface area contributed by atoms with Crippen LogP contribution < -0.4 is 9.88 Å². The summed E-state index contributed by atoms with van der Waals surface area (Å²) in [6, 6.07) is 8.67. The molecule has 2 N–H and O–H groups in total. The number of nitrogens with zero attached hydrogens (tertiary/aromatic N) is 4. The van der Waals surface area contributed by atoms with Gasteiger partial charge in [-0.25, -0.2) is 27.9 Å². The molecule has 4 rings (SSSR count). The van der Waals surface area contributed by atoms with Crippen molar-refractivity contribution in [3.63, 3.8) is 0 Å². The number of nitrogens with two attached hydrogens (primary N) is 1. The summed E-state index contributed by atoms with van der Waals surface area (Å²) in [4.78, 5) is 8.33. The lowest BCUT2D eigenvalue weighted by atomic mass is 10.2. The highest BCUT2D eigenvalue weighted by Gasteiger charge is 2.18. The van der Waals surface area contributed by atoms with Crippen LogP contribution in [-0.4, -0.2) is 28.2 Å². The summed E-state index contributed by atoms with van der Waals surface area (Å²) >= 11 is 0. The molecular formula is C19H16FN5O4S. The van der Waals surface area contributed by atoms with Crippen molar-refractivity contribution < 1.29 is 22.0 Å². The van der Waals surface area contributed by atoms with Gasteiger partial charge in [-0.2, -0.15) is 5.10 Å². The van der Waals surface area contributed by atoms with Gasteiger partial charge < -0.3 is 9.15 Å². The van der Waals surface area contributed by atoms with Crippen LogP contribution in [0.2, 0.25) is 0 Å². The molecule has 0 radical (unpaired) electrons. The average Bonchev–Trinajstić information content (AvgIpc) is 3.34. The van der Waals surface area contributed by atoms with Gasteiger partial charge in [-0.1, -0.05) is 12.1 Å². The summed E-state index contributed by atoms with van der Waals surface area (Å²) < 4.78 is 48.6. The van der Waals surface area contributed by atoms with Gasteiger partial charge in [0.25, 0.3) is 0 Å². The Morgan fingerprint density at radius 1 is 1.17 bits per heavy atom. The predicted molar refractivity (Wildman–Crippen MR) is 104 cm³/mol. The summed E-state index contributed by atoms with van der Waals surface area (Å²) in [6.45, 7) is 0.116. The van der Waals surface area contributed by atoms with Crippen molar-refractivity contribution in [3.05, 3.63) is 66.6 Å². The van der Waals surface area contributed by atoms with E-state index in [-0.39, 0.29) is 17.4 Å². The topological polar surface area (TPSA) is 126 Å². The number of rotatable bonds is 6. The smallest absolute Gasteiger partial charge is 0.238 e. The fourth-order valence-electron chi connectivity index (χ4n) is 2.75. The van der Waals surface area contributed by atoms with Gasteiger partial charge in [-0.05, 0) is 18.2 Å². The second-order valence-corrected chi connectivity index (χ2v) is 7.90. The number of hydrogen-bond acceptors (Lipinski definition) is 7. The van der Waals surface area contributed by atoms with E-state index in [1.807, 2.05) is 0 Å². The number of primary sulfonamides is 1. The standard InChI is InChI=1S/C19H16FN5O4S/c1-25-17(11-28-18-7-4-13(20)8-22-18)15(9-23-25)19-24-16(10-29-19)12-2-5-14(6-3-12)30(21,26)27/h2-10H,11H2,1H3,(H2,21,26,27). The van der Waals surface area contributed by atoms with Crippen molar-refractivity contribution in [2.75, 3.05) is 0 Å². The minimum absolute atomic E-state index is 0.0102. The van der Waals surface area contributed by atoms with Crippen molar-refractivity contribution in [2.45, 2.75) is 11.5 Å². The summed E-state index contributed by atoms with van der Waals surface area (Å²) in [5, 5.41) is 9.33. The number of hydrogen-bond donors (Lipinski definition) is 1. The van der Waals surface area contributed by atoms with Gasteiger partial charge in [0, 0.05) is 18.7 Å². The van der Waals surface area contributed by atoms with Crippen LogP contribution in [0.1, 0.15) is 5.69 Å². The Morgan fingerprint density at radius 2 is 1.93 bits per heavy atom. The molecule has 0 fully saturated rings. The van der Waals surface area contributed by atoms with Gasteiger partial charge in [0.1, 0.15) is 24.4 Å². The fraction of sp³-hybridized carbons (Fsp3) is 0.105. The first kappa shape index (κ1) is 19.7. The Hall–Kier alpha value is -3.57. The maximum atomic E-state index is 13.0. The number of ether oxygens (including phenoxy) is 1. The molecule has 0 aliphatic heterocycles. The Kier molecular flexibility index (Phi) is 5.06. The highest BCUT2D eigenvalue weighted by Crippen LogP contribution is 2.28. The quantitative estimate of drug-likeness (QED) is 0.499. The Balaban J connectivity index is 1.57. The minimum atomic E-state index is -3.77. The molecule has 0 spiro atoms. The molecule has 0 aliphatic rings. The van der Waals surface area contributed by atoms with Gasteiger partial charge in [-0.15, -0.1) is 0 Å². The molecule has 0 saturated carbocycles. The van der Waals surface area contributed by atoms with E-state index in [0.717, 1.165) is 6.20 Å². The van der Waals surface area contributed by atoms with Crippen LogP contribution in [-0.2, 0) is 23.7 Å². The molecular weight excluding hydrogens is 413 g/mol. The summed E-state index contributed by atoms with van der Waals surface area (Å²) in [5.74, 6) is 0.138. The van der Waals surface area contributed by atoms with Gasteiger partial charge >= 0.3 is 0 Å². The third-order valence-electron chi connectivity index (χ3n) is 4.33. The molecule has 11 heteroatoms. The number of halogens is 1. The maximum Gasteiger partial charge on any atom is 0.238 e. The van der Waals surface area contributed by atoms with E-state index in [9.17, 15) is 12.8 Å². The highest BCUT2D eigenvalue weighted by molar-refractivity contribution is 7.89. The third-order valence-corrected chi connectivity index (χ3v) is 5.26. The summed E-state index contributed by atoms with van der Waals surface area (Å²) in [7, 11) is -2.02. The number of pyridine rings is 1. The largest absolute Gasteiger partial charge is 0.471 e. The van der Waals surface area contributed by atoms with E-state index in [1.165, 1.54) is 30.5 Å². The first-order valence-corrected chi connectivity index (χ1v) is 10.2. The first-order valence-electron chi connectivity index (χ1n) is 8.65. The first-order chi connectivity index (χ1) is 14.3. The second kappa shape index (κ2) is 7.69. The Morgan fingerprint density at radius 3 is 2.60 bits per heavy atom. The second-order valence-electron chi connectivity index (χ2n) is 6.34. The predicted octanol–water partition coefficient (Wildman–Crippen LogP) is 2.50. The molecule has 1 aromatic carbocycles. The zero-order valence-corrected chi connectivity index (χ0v) is 16.5. The molecule has 9 nitrogen and oxygen atoms in total. The van der Waals surface area contributed by atoms with Gasteiger partial charge in [0.15, 0.2) is 0 Å². The normalized spacial score (nSPS) is 11.6. The van der Waals surface area contributed by atoms with E-state index in [0.29, 0.717) is 28.4 Å². The molecule has 0 unspecified atom stereocenters. The molecule has 0 amide bonds. The monoisotopic (exact) mass is 429 g/mol. The van der Waals surface area contributed by atoms with Crippen molar-refractivity contribution in [3.8, 4) is 28.6 Å². The number of aryl methyl sites for hydroxylation is 1. The zero-order chi connectivity index (χ0) is 21.3. The Labute approximate surface area is 171 Å². The van der Waals surface area contributed by atoms with E-state index >= 15 is 0 Å². The number of sulfonamides is 1. The SMILES string of the molecule is Cn1ncc(-c2nc(-c3ccc(S(N)(=O)=O)cc3)co2)c1COc1ccc(F)cn1. The van der Waals surface area contributed by atoms with Crippen LogP contribution in [0.15, 0.2) is 64.4 Å². The van der Waals surface area contributed by atoms with E-state index in [4.69, 9.17) is 14.3 Å². The van der Waals surface area contributed by atoms with Crippen LogP contribution in [0.4, 0.5) is 4.39 Å². The maximum absolute atomic E-state index is 13.0. The van der Waals surface area contributed by atoms with Crippen LogP contribution in [0.25, 0.3) is 22.7 Å². The molecule has 4 aromatic rings. The van der Waals surface area contributed by atoms with Crippen molar-refractivity contribution in [1.29, 1.82) is 0 Å². The minimum Gasteiger partial charge on any atom is -0.471 e. The summed E-state index contributed by atoms with van der Waals surface area (Å²) in [6.07, 6.45) is 4.12. The van der Waals surface area contributed by atoms with E-state index in [1.54, 1.807) is 30.1 Å². The molecule has 154 valence electrons. The molecule has 0 aliphatic carbocycles. The summed E-state index contributed by atoms with van der Waals surface area (Å²) in [5.41, 5.74) is 2.47. The van der Waals surface area contributed by atoms with Crippen molar-refractivity contribution in [1.82, 2.24) is 19.7 Å². The molecule has 3 heterocycles. The van der Waals surface area contributed by atoms with Gasteiger partial charge in [-0.3, -0.25) is 4.68 Å². The van der Waals surface area contributed by atoms with Gasteiger partial charge in [0.2, 0.25) is 21.8 Å².